The number of carbonyl (C=O) groups excluding carboxylic acids is 2. The predicted octanol–water partition coefficient (Wildman–Crippen LogP) is 4.52. The Morgan fingerprint density at radius 1 is 1.15 bits per heavy atom. The monoisotopic (exact) mass is 566 g/mol. The third-order valence-corrected chi connectivity index (χ3v) is 5.38. The second kappa shape index (κ2) is 8.53. The number of pyridine rings is 1. The van der Waals surface area contributed by atoms with Crippen LogP contribution in [-0.2, 0) is 25.6 Å². The van der Waals surface area contributed by atoms with E-state index >= 15 is 0 Å². The number of ketones is 1. The van der Waals surface area contributed by atoms with Gasteiger partial charge in [-0.1, -0.05) is 0 Å². The highest BCUT2D eigenvalue weighted by Gasteiger charge is 2.64. The Kier molecular flexibility index (Phi) is 6.52. The van der Waals surface area contributed by atoms with Crippen LogP contribution in [0.4, 0.5) is 39.5 Å². The Labute approximate surface area is 192 Å². The second-order valence-corrected chi connectivity index (χ2v) is 8.18. The van der Waals surface area contributed by atoms with Gasteiger partial charge in [0.15, 0.2) is 11.5 Å². The maximum atomic E-state index is 13.8. The fourth-order valence-corrected chi connectivity index (χ4v) is 3.41. The molecule has 34 heavy (non-hydrogen) atoms. The van der Waals surface area contributed by atoms with E-state index in [2.05, 4.69) is 31.3 Å². The number of halogens is 10. The molecule has 16 heteroatoms. The molecule has 0 radical (unpaired) electrons. The van der Waals surface area contributed by atoms with Crippen molar-refractivity contribution in [3.05, 3.63) is 44.9 Å². The summed E-state index contributed by atoms with van der Waals surface area (Å²) in [4.78, 5) is 28.6. The third-order valence-electron chi connectivity index (χ3n) is 4.74. The minimum Gasteiger partial charge on any atom is -0.345 e. The van der Waals surface area contributed by atoms with Gasteiger partial charge in [-0.05, 0) is 28.1 Å². The number of amides is 1. The predicted molar refractivity (Wildman–Crippen MR) is 98.9 cm³/mol. The third kappa shape index (κ3) is 4.90. The topological polar surface area (TPSA) is 76.9 Å². The lowest BCUT2D eigenvalue weighted by Crippen LogP contribution is -2.36. The molecule has 0 aliphatic heterocycles. The van der Waals surface area contributed by atoms with Crippen LogP contribution in [-0.4, -0.2) is 44.8 Å². The molecule has 1 N–H and O–H groups in total. The van der Waals surface area contributed by atoms with Crippen molar-refractivity contribution in [2.75, 3.05) is 0 Å². The summed E-state index contributed by atoms with van der Waals surface area (Å²) in [6.45, 7) is 0. The summed E-state index contributed by atoms with van der Waals surface area (Å²) in [6, 6.07) is 1.58. The largest absolute Gasteiger partial charge is 0.459 e. The number of hydrogen-bond acceptors (Lipinski definition) is 4. The summed E-state index contributed by atoms with van der Waals surface area (Å²) in [5.74, 6) is -8.37. The minimum atomic E-state index is -6.41. The highest BCUT2D eigenvalue weighted by molar-refractivity contribution is 9.10. The van der Waals surface area contributed by atoms with Gasteiger partial charge in [0.1, 0.15) is 23.1 Å². The lowest BCUT2D eigenvalue weighted by atomic mass is 10.0. The lowest BCUT2D eigenvalue weighted by Gasteiger charge is -2.19. The number of nitrogens with zero attached hydrogens (tertiary/aromatic N) is 3. The molecule has 0 saturated heterocycles. The summed E-state index contributed by atoms with van der Waals surface area (Å²) in [7, 11) is 0.606. The number of nitrogens with one attached hydrogen (secondary N) is 1. The molecule has 0 unspecified atom stereocenters. The maximum Gasteiger partial charge on any atom is 0.459 e. The van der Waals surface area contributed by atoms with Crippen LogP contribution in [0.5, 0.6) is 0 Å². The number of alkyl halides is 9. The number of rotatable bonds is 6. The Morgan fingerprint density at radius 2 is 1.74 bits per heavy atom. The van der Waals surface area contributed by atoms with Crippen molar-refractivity contribution < 1.29 is 49.1 Å². The van der Waals surface area contributed by atoms with Gasteiger partial charge in [-0.15, -0.1) is 0 Å². The lowest BCUT2D eigenvalue weighted by molar-refractivity contribution is -0.292. The van der Waals surface area contributed by atoms with Crippen LogP contribution in [0, 0.1) is 0 Å². The van der Waals surface area contributed by atoms with Crippen molar-refractivity contribution in [2.24, 2.45) is 7.05 Å². The molecule has 2 aromatic rings. The van der Waals surface area contributed by atoms with E-state index in [1.807, 2.05) is 0 Å². The van der Waals surface area contributed by atoms with Crippen molar-refractivity contribution in [1.29, 1.82) is 0 Å². The van der Waals surface area contributed by atoms with Gasteiger partial charge in [0.05, 0.1) is 12.5 Å². The summed E-state index contributed by atoms with van der Waals surface area (Å²) in [5.41, 5.74) is -7.37. The quantitative estimate of drug-likeness (QED) is 0.412. The van der Waals surface area contributed by atoms with Gasteiger partial charge in [-0.3, -0.25) is 14.3 Å². The highest BCUT2D eigenvalue weighted by Crippen LogP contribution is 2.48. The summed E-state index contributed by atoms with van der Waals surface area (Å²) in [5, 5.41) is 4.96. The van der Waals surface area contributed by atoms with Gasteiger partial charge in [0.25, 0.3) is 5.91 Å². The number of aromatic nitrogens is 3. The fourth-order valence-electron chi connectivity index (χ4n) is 3.00. The normalized spacial score (nSPS) is 18.7. The van der Waals surface area contributed by atoms with E-state index in [1.54, 1.807) is 0 Å². The smallest absolute Gasteiger partial charge is 0.345 e. The van der Waals surface area contributed by atoms with Gasteiger partial charge in [0.2, 0.25) is 0 Å². The maximum absolute atomic E-state index is 13.8. The molecule has 1 aliphatic carbocycles. The first-order valence-electron chi connectivity index (χ1n) is 9.18. The van der Waals surface area contributed by atoms with Gasteiger partial charge >= 0.3 is 18.3 Å². The molecule has 3 rings (SSSR count). The van der Waals surface area contributed by atoms with Gasteiger partial charge in [-0.2, -0.15) is 40.2 Å². The molecule has 6 nitrogen and oxygen atoms in total. The van der Waals surface area contributed by atoms with E-state index in [4.69, 9.17) is 0 Å². The fraction of sp³-hybridized carbons (Fsp3) is 0.444. The Bertz CT molecular complexity index is 1140. The highest BCUT2D eigenvalue weighted by atomic mass is 79.9. The van der Waals surface area contributed by atoms with E-state index in [1.165, 1.54) is 6.07 Å². The van der Waals surface area contributed by atoms with Crippen molar-refractivity contribution in [1.82, 2.24) is 20.1 Å². The first-order valence-corrected chi connectivity index (χ1v) is 9.97. The molecule has 186 valence electrons. The van der Waals surface area contributed by atoms with E-state index in [9.17, 15) is 49.1 Å². The molecule has 2 heterocycles. The Hall–Kier alpha value is -2.65. The van der Waals surface area contributed by atoms with E-state index < -0.39 is 65.6 Å². The number of carbonyl (C=O) groups is 2. The first-order chi connectivity index (χ1) is 15.4. The molecule has 0 spiro atoms. The van der Waals surface area contributed by atoms with Crippen LogP contribution in [0.2, 0.25) is 0 Å². The Morgan fingerprint density at radius 3 is 2.24 bits per heavy atom. The second-order valence-electron chi connectivity index (χ2n) is 7.33. The molecule has 1 amide bonds. The average Bonchev–Trinajstić information content (AvgIpc) is 3.23. The van der Waals surface area contributed by atoms with Crippen molar-refractivity contribution in [2.45, 2.75) is 43.3 Å². The summed E-state index contributed by atoms with van der Waals surface area (Å²) < 4.78 is 119. The standard InChI is InChI=1S/C18H12BrF9N4O2/c1-32-13(11(17(23,24)25)14(31-32)16(21,22)18(26,27)28)10(33)4-6-2-3-7(19)12(29-6)15(34)30-9-5-8(9)20/h2-3,8-9H,4-5H2,1H3,(H,30,34)/t8-,9+/m0/s1. The van der Waals surface area contributed by atoms with Crippen LogP contribution in [0.3, 0.4) is 0 Å². The molecule has 2 aromatic heterocycles. The molecular weight excluding hydrogens is 555 g/mol. The minimum absolute atomic E-state index is 0.0128. The van der Waals surface area contributed by atoms with Crippen LogP contribution >= 0.6 is 15.9 Å². The molecule has 0 aromatic carbocycles. The van der Waals surface area contributed by atoms with E-state index in [-0.39, 0.29) is 27.0 Å². The van der Waals surface area contributed by atoms with Crippen molar-refractivity contribution >= 4 is 27.6 Å². The molecule has 1 fully saturated rings. The van der Waals surface area contributed by atoms with Crippen molar-refractivity contribution in [3.8, 4) is 0 Å². The molecule has 0 bridgehead atoms. The number of aryl methyl sites for hydroxylation is 1. The van der Waals surface area contributed by atoms with Crippen LogP contribution in [0.25, 0.3) is 0 Å². The summed E-state index contributed by atoms with van der Waals surface area (Å²) >= 11 is 3.01. The van der Waals surface area contributed by atoms with Crippen molar-refractivity contribution in [3.63, 3.8) is 0 Å². The SMILES string of the molecule is Cn1nc(C(F)(F)C(F)(F)F)c(C(F)(F)F)c1C(=O)Cc1ccc(Br)c(C(=O)N[C@@H]2C[C@@H]2F)n1. The molecule has 1 aliphatic rings. The first kappa shape index (κ1) is 26.0. The van der Waals surface area contributed by atoms with Crippen LogP contribution in [0.1, 0.15) is 44.3 Å². The zero-order chi connectivity index (χ0) is 25.8. The van der Waals surface area contributed by atoms with Gasteiger partial charge in [0, 0.05) is 23.6 Å². The molecule has 1 saturated carbocycles. The zero-order valence-electron chi connectivity index (χ0n) is 16.7. The molecular formula is C18H12BrF9N4O2. The van der Waals surface area contributed by atoms with Crippen LogP contribution in [0.15, 0.2) is 16.6 Å². The molecule has 2 atom stereocenters. The van der Waals surface area contributed by atoms with Crippen LogP contribution < -0.4 is 5.32 Å². The van der Waals surface area contributed by atoms with Gasteiger partial charge < -0.3 is 5.32 Å². The van der Waals surface area contributed by atoms with E-state index in [0.717, 1.165) is 6.07 Å². The summed E-state index contributed by atoms with van der Waals surface area (Å²) in [6.07, 6.45) is -14.4. The Balaban J connectivity index is 1.98. The number of Topliss-reactive ketones (excluding diaryl/α,β-unsaturated/α-hetero) is 1. The van der Waals surface area contributed by atoms with E-state index in [0.29, 0.717) is 7.05 Å². The van der Waals surface area contributed by atoms with Gasteiger partial charge in [-0.25, -0.2) is 9.37 Å². The average molecular weight is 567 g/mol. The number of hydrogen-bond donors (Lipinski definition) is 1. The zero-order valence-corrected chi connectivity index (χ0v) is 18.2.